The van der Waals surface area contributed by atoms with E-state index in [-0.39, 0.29) is 22.3 Å². The van der Waals surface area contributed by atoms with Crippen molar-refractivity contribution in [2.45, 2.75) is 6.42 Å². The first-order valence-corrected chi connectivity index (χ1v) is 8.78. The van der Waals surface area contributed by atoms with Crippen LogP contribution in [0.25, 0.3) is 11.0 Å². The fraction of sp³-hybridized carbons (Fsp3) is 0.333. The third-order valence-corrected chi connectivity index (χ3v) is 4.97. The Labute approximate surface area is 129 Å². The Morgan fingerprint density at radius 2 is 1.89 bits per heavy atom. The van der Waals surface area contributed by atoms with Crippen LogP contribution in [-0.2, 0) is 10.0 Å². The van der Waals surface area contributed by atoms with Crippen LogP contribution in [0.1, 0.15) is 6.42 Å². The van der Waals surface area contributed by atoms with Gasteiger partial charge in [0.2, 0.25) is 10.0 Å². The molecule has 19 heavy (non-hydrogen) atoms. The molecule has 0 radical (unpaired) electrons. The summed E-state index contributed by atoms with van der Waals surface area (Å²) >= 11 is 18.4. The molecule has 0 saturated carbocycles. The van der Waals surface area contributed by atoms with Crippen LogP contribution < -0.4 is 4.72 Å². The lowest BCUT2D eigenvalue weighted by Crippen LogP contribution is -2.17. The SMILES string of the molecule is O=S(=O)(CCCCl)Nc1c(Cl)cc(Cl)c2nsnc12. The van der Waals surface area contributed by atoms with Crippen LogP contribution in [0.15, 0.2) is 6.07 Å². The maximum atomic E-state index is 11.9. The Bertz CT molecular complexity index is 702. The van der Waals surface area contributed by atoms with Gasteiger partial charge in [0.25, 0.3) is 0 Å². The molecular weight excluding hydrogens is 353 g/mol. The zero-order valence-corrected chi connectivity index (χ0v) is 13.3. The Hall–Kier alpha value is -0.340. The van der Waals surface area contributed by atoms with Crippen molar-refractivity contribution in [3.63, 3.8) is 0 Å². The third kappa shape index (κ3) is 3.41. The number of hydrogen-bond donors (Lipinski definition) is 1. The second-order valence-corrected chi connectivity index (χ2v) is 7.20. The lowest BCUT2D eigenvalue weighted by molar-refractivity contribution is 0.600. The average molecular weight is 361 g/mol. The molecule has 1 aromatic carbocycles. The van der Waals surface area contributed by atoms with E-state index in [0.717, 1.165) is 11.7 Å². The molecule has 0 aliphatic heterocycles. The molecule has 10 heteroatoms. The molecule has 2 aromatic rings. The number of fused-ring (bicyclic) bond motifs is 1. The van der Waals surface area contributed by atoms with E-state index in [1.807, 2.05) is 0 Å². The molecule has 0 spiro atoms. The van der Waals surface area contributed by atoms with Gasteiger partial charge in [0.05, 0.1) is 33.2 Å². The van der Waals surface area contributed by atoms with Crippen LogP contribution in [0.3, 0.4) is 0 Å². The Morgan fingerprint density at radius 3 is 2.58 bits per heavy atom. The molecule has 1 heterocycles. The predicted octanol–water partition coefficient (Wildman–Crippen LogP) is 3.37. The highest BCUT2D eigenvalue weighted by Gasteiger charge is 2.18. The van der Waals surface area contributed by atoms with Crippen LogP contribution in [0, 0.1) is 0 Å². The summed E-state index contributed by atoms with van der Waals surface area (Å²) in [6.45, 7) is 0. The fourth-order valence-electron chi connectivity index (χ4n) is 1.42. The second-order valence-electron chi connectivity index (χ2n) is 3.64. The first kappa shape index (κ1) is 15.1. The number of nitrogens with zero attached hydrogens (tertiary/aromatic N) is 2. The molecule has 0 aliphatic carbocycles. The summed E-state index contributed by atoms with van der Waals surface area (Å²) in [6, 6.07) is 1.44. The van der Waals surface area contributed by atoms with E-state index in [0.29, 0.717) is 22.5 Å². The van der Waals surface area contributed by atoms with E-state index in [2.05, 4.69) is 13.5 Å². The Kier molecular flexibility index (Phi) is 4.73. The minimum atomic E-state index is -3.53. The largest absolute Gasteiger partial charge is 0.280 e. The van der Waals surface area contributed by atoms with Crippen molar-refractivity contribution in [3.05, 3.63) is 16.1 Å². The second kappa shape index (κ2) is 5.97. The molecule has 0 fully saturated rings. The number of aromatic nitrogens is 2. The normalized spacial score (nSPS) is 11.9. The highest BCUT2D eigenvalue weighted by Crippen LogP contribution is 2.35. The molecule has 2 rings (SSSR count). The first-order valence-electron chi connectivity index (χ1n) is 5.11. The van der Waals surface area contributed by atoms with Gasteiger partial charge in [-0.3, -0.25) is 4.72 Å². The van der Waals surface area contributed by atoms with Gasteiger partial charge in [0, 0.05) is 5.88 Å². The van der Waals surface area contributed by atoms with Crippen molar-refractivity contribution < 1.29 is 8.42 Å². The Morgan fingerprint density at radius 1 is 1.21 bits per heavy atom. The minimum Gasteiger partial charge on any atom is -0.280 e. The number of alkyl halides is 1. The molecule has 5 nitrogen and oxygen atoms in total. The van der Waals surface area contributed by atoms with Crippen LogP contribution in [0.5, 0.6) is 0 Å². The molecule has 0 atom stereocenters. The van der Waals surface area contributed by atoms with Gasteiger partial charge in [-0.25, -0.2) is 8.42 Å². The van der Waals surface area contributed by atoms with E-state index in [1.165, 1.54) is 6.07 Å². The number of halogens is 3. The Balaban J connectivity index is 2.43. The summed E-state index contributed by atoms with van der Waals surface area (Å²) in [5, 5.41) is 0.511. The van der Waals surface area contributed by atoms with Gasteiger partial charge < -0.3 is 0 Å². The third-order valence-electron chi connectivity index (χ3n) is 2.25. The van der Waals surface area contributed by atoms with Crippen LogP contribution >= 0.6 is 46.5 Å². The van der Waals surface area contributed by atoms with E-state index >= 15 is 0 Å². The zero-order chi connectivity index (χ0) is 14.0. The molecule has 0 aliphatic rings. The maximum absolute atomic E-state index is 11.9. The van der Waals surface area contributed by atoms with Crippen molar-refractivity contribution in [2.75, 3.05) is 16.4 Å². The molecule has 0 saturated heterocycles. The number of rotatable bonds is 5. The van der Waals surface area contributed by atoms with E-state index in [4.69, 9.17) is 34.8 Å². The predicted molar refractivity (Wildman–Crippen MR) is 80.2 cm³/mol. The van der Waals surface area contributed by atoms with Gasteiger partial charge in [-0.15, -0.1) is 11.6 Å². The summed E-state index contributed by atoms with van der Waals surface area (Å²) < 4.78 is 34.1. The van der Waals surface area contributed by atoms with Gasteiger partial charge in [-0.1, -0.05) is 23.2 Å². The van der Waals surface area contributed by atoms with Crippen molar-refractivity contribution >= 4 is 73.3 Å². The molecule has 1 aromatic heterocycles. The summed E-state index contributed by atoms with van der Waals surface area (Å²) in [5.41, 5.74) is 0.965. The number of sulfonamides is 1. The number of anilines is 1. The van der Waals surface area contributed by atoms with Gasteiger partial charge in [-0.05, 0) is 12.5 Å². The number of benzene rings is 1. The van der Waals surface area contributed by atoms with Gasteiger partial charge >= 0.3 is 0 Å². The summed E-state index contributed by atoms with van der Waals surface area (Å²) in [5.74, 6) is 0.178. The van der Waals surface area contributed by atoms with Crippen LogP contribution in [0.4, 0.5) is 5.69 Å². The quantitative estimate of drug-likeness (QED) is 0.830. The number of hydrogen-bond acceptors (Lipinski definition) is 5. The molecular formula is C9H8Cl3N3O2S2. The fourth-order valence-corrected chi connectivity index (χ4v) is 4.07. The van der Waals surface area contributed by atoms with E-state index in [1.54, 1.807) is 0 Å². The first-order chi connectivity index (χ1) is 8.94. The lowest BCUT2D eigenvalue weighted by atomic mass is 10.3. The van der Waals surface area contributed by atoms with Crippen molar-refractivity contribution in [1.82, 2.24) is 8.75 Å². The molecule has 104 valence electrons. The van der Waals surface area contributed by atoms with Crippen molar-refractivity contribution in [1.29, 1.82) is 0 Å². The molecule has 0 bridgehead atoms. The smallest absolute Gasteiger partial charge is 0.232 e. The summed E-state index contributed by atoms with van der Waals surface area (Å²) in [7, 11) is -3.53. The highest BCUT2D eigenvalue weighted by atomic mass is 35.5. The topological polar surface area (TPSA) is 72.0 Å². The summed E-state index contributed by atoms with van der Waals surface area (Å²) in [4.78, 5) is 0. The maximum Gasteiger partial charge on any atom is 0.232 e. The lowest BCUT2D eigenvalue weighted by Gasteiger charge is -2.09. The van der Waals surface area contributed by atoms with Gasteiger partial charge in [0.1, 0.15) is 11.0 Å². The van der Waals surface area contributed by atoms with Crippen molar-refractivity contribution in [3.8, 4) is 0 Å². The summed E-state index contributed by atoms with van der Waals surface area (Å²) in [6.07, 6.45) is 0.348. The molecule has 0 unspecified atom stereocenters. The molecule has 0 amide bonds. The van der Waals surface area contributed by atoms with Crippen LogP contribution in [0.2, 0.25) is 10.0 Å². The zero-order valence-electron chi connectivity index (χ0n) is 9.36. The minimum absolute atomic E-state index is 0.0888. The average Bonchev–Trinajstić information content (AvgIpc) is 2.81. The van der Waals surface area contributed by atoms with Gasteiger partial charge in [-0.2, -0.15) is 8.75 Å². The standard InChI is InChI=1S/C9H8Cl3N3O2S2/c10-2-1-3-19(16,17)15-8-6(12)4-5(11)7-9(8)14-18-13-7/h4,15H,1-3H2. The monoisotopic (exact) mass is 359 g/mol. The molecule has 1 N–H and O–H groups in total. The van der Waals surface area contributed by atoms with Crippen molar-refractivity contribution in [2.24, 2.45) is 0 Å². The van der Waals surface area contributed by atoms with E-state index in [9.17, 15) is 8.42 Å². The van der Waals surface area contributed by atoms with E-state index < -0.39 is 10.0 Å². The highest BCUT2D eigenvalue weighted by molar-refractivity contribution is 7.92. The van der Waals surface area contributed by atoms with Gasteiger partial charge in [0.15, 0.2) is 0 Å². The van der Waals surface area contributed by atoms with Crippen LogP contribution in [-0.4, -0.2) is 28.8 Å². The number of nitrogens with one attached hydrogen (secondary N) is 1.